The summed E-state index contributed by atoms with van der Waals surface area (Å²) < 4.78 is 0. The van der Waals surface area contributed by atoms with E-state index in [4.69, 9.17) is 0 Å². The normalized spacial score (nSPS) is 17.0. The minimum atomic E-state index is 0.0902. The van der Waals surface area contributed by atoms with Gasteiger partial charge < -0.3 is 0 Å². The van der Waals surface area contributed by atoms with Crippen molar-refractivity contribution in [2.75, 3.05) is 0 Å². The molecule has 14 heavy (non-hydrogen) atoms. The molecular weight excluding hydrogens is 176 g/mol. The minimum Gasteiger partial charge on any atom is -0.299 e. The molecule has 0 saturated heterocycles. The van der Waals surface area contributed by atoms with Crippen LogP contribution in [0.15, 0.2) is 11.1 Å². The van der Waals surface area contributed by atoms with Gasteiger partial charge in [-0.15, -0.1) is 0 Å². The van der Waals surface area contributed by atoms with Crippen molar-refractivity contribution < 1.29 is 9.59 Å². The SMILES string of the molecule is CC1=C(CCC(=O)C(C)C)C(=O)CC1. The first-order chi connectivity index (χ1) is 6.52. The Hall–Kier alpha value is -0.920. The van der Waals surface area contributed by atoms with Gasteiger partial charge in [0.2, 0.25) is 0 Å². The van der Waals surface area contributed by atoms with E-state index in [9.17, 15) is 9.59 Å². The van der Waals surface area contributed by atoms with E-state index in [0.29, 0.717) is 19.3 Å². The fourth-order valence-corrected chi connectivity index (χ4v) is 1.73. The van der Waals surface area contributed by atoms with Crippen molar-refractivity contribution >= 4 is 11.6 Å². The smallest absolute Gasteiger partial charge is 0.159 e. The molecule has 0 N–H and O–H groups in total. The maximum absolute atomic E-state index is 11.4. The third-order valence-corrected chi connectivity index (χ3v) is 2.84. The number of Topliss-reactive ketones (excluding diaryl/α,β-unsaturated/α-hetero) is 2. The van der Waals surface area contributed by atoms with Crippen molar-refractivity contribution in [1.29, 1.82) is 0 Å². The summed E-state index contributed by atoms with van der Waals surface area (Å²) in [5.41, 5.74) is 2.10. The minimum absolute atomic E-state index is 0.0902. The van der Waals surface area contributed by atoms with Crippen LogP contribution in [0.1, 0.15) is 46.5 Å². The number of rotatable bonds is 4. The fraction of sp³-hybridized carbons (Fsp3) is 0.667. The highest BCUT2D eigenvalue weighted by Crippen LogP contribution is 2.26. The van der Waals surface area contributed by atoms with Gasteiger partial charge in [-0.25, -0.2) is 0 Å². The van der Waals surface area contributed by atoms with E-state index in [1.807, 2.05) is 20.8 Å². The first kappa shape index (κ1) is 11.2. The van der Waals surface area contributed by atoms with Gasteiger partial charge in [-0.2, -0.15) is 0 Å². The van der Waals surface area contributed by atoms with Gasteiger partial charge in [0, 0.05) is 18.8 Å². The van der Waals surface area contributed by atoms with Crippen LogP contribution >= 0.6 is 0 Å². The van der Waals surface area contributed by atoms with Gasteiger partial charge in [-0.3, -0.25) is 9.59 Å². The predicted octanol–water partition coefficient (Wildman–Crippen LogP) is 2.67. The number of hydrogen-bond acceptors (Lipinski definition) is 2. The van der Waals surface area contributed by atoms with E-state index in [-0.39, 0.29) is 17.5 Å². The molecule has 0 saturated carbocycles. The van der Waals surface area contributed by atoms with Gasteiger partial charge >= 0.3 is 0 Å². The number of carbonyl (C=O) groups excluding carboxylic acids is 2. The molecular formula is C12H18O2. The van der Waals surface area contributed by atoms with Crippen LogP contribution in [0.4, 0.5) is 0 Å². The van der Waals surface area contributed by atoms with Gasteiger partial charge in [0.15, 0.2) is 5.78 Å². The molecule has 0 aromatic carbocycles. The second kappa shape index (κ2) is 4.54. The van der Waals surface area contributed by atoms with E-state index >= 15 is 0 Å². The molecule has 0 spiro atoms. The monoisotopic (exact) mass is 194 g/mol. The largest absolute Gasteiger partial charge is 0.299 e. The molecule has 0 amide bonds. The first-order valence-electron chi connectivity index (χ1n) is 5.27. The Bertz CT molecular complexity index is 285. The van der Waals surface area contributed by atoms with E-state index in [2.05, 4.69) is 0 Å². The van der Waals surface area contributed by atoms with Crippen molar-refractivity contribution in [1.82, 2.24) is 0 Å². The van der Waals surface area contributed by atoms with Crippen LogP contribution in [0.25, 0.3) is 0 Å². The predicted molar refractivity (Wildman–Crippen MR) is 56.0 cm³/mol. The van der Waals surface area contributed by atoms with Crippen molar-refractivity contribution in [3.8, 4) is 0 Å². The van der Waals surface area contributed by atoms with E-state index in [0.717, 1.165) is 12.0 Å². The summed E-state index contributed by atoms with van der Waals surface area (Å²) in [6.07, 6.45) is 2.72. The Morgan fingerprint density at radius 1 is 1.36 bits per heavy atom. The van der Waals surface area contributed by atoms with Gasteiger partial charge in [0.05, 0.1) is 0 Å². The van der Waals surface area contributed by atoms with Crippen LogP contribution in [0.2, 0.25) is 0 Å². The summed E-state index contributed by atoms with van der Waals surface area (Å²) in [6.45, 7) is 5.81. The molecule has 2 heteroatoms. The molecule has 0 aliphatic heterocycles. The highest BCUT2D eigenvalue weighted by atomic mass is 16.1. The maximum atomic E-state index is 11.4. The molecule has 2 nitrogen and oxygen atoms in total. The number of hydrogen-bond donors (Lipinski definition) is 0. The fourth-order valence-electron chi connectivity index (χ4n) is 1.73. The lowest BCUT2D eigenvalue weighted by atomic mass is 9.99. The van der Waals surface area contributed by atoms with Crippen LogP contribution in [-0.4, -0.2) is 11.6 Å². The van der Waals surface area contributed by atoms with Crippen LogP contribution in [0, 0.1) is 5.92 Å². The summed E-state index contributed by atoms with van der Waals surface area (Å²) in [5, 5.41) is 0. The Labute approximate surface area is 85.4 Å². The van der Waals surface area contributed by atoms with Crippen LogP contribution in [0.5, 0.6) is 0 Å². The van der Waals surface area contributed by atoms with Gasteiger partial charge in [0.1, 0.15) is 5.78 Å². The molecule has 78 valence electrons. The Kier molecular flexibility index (Phi) is 3.62. The molecule has 1 aliphatic carbocycles. The van der Waals surface area contributed by atoms with Crippen molar-refractivity contribution in [3.05, 3.63) is 11.1 Å². The highest BCUT2D eigenvalue weighted by Gasteiger charge is 2.20. The average Bonchev–Trinajstić information content (AvgIpc) is 2.43. The molecule has 1 aliphatic rings. The molecule has 0 unspecified atom stereocenters. The lowest BCUT2D eigenvalue weighted by Crippen LogP contribution is -2.08. The van der Waals surface area contributed by atoms with Gasteiger partial charge in [-0.1, -0.05) is 19.4 Å². The van der Waals surface area contributed by atoms with Crippen LogP contribution < -0.4 is 0 Å². The van der Waals surface area contributed by atoms with Gasteiger partial charge in [-0.05, 0) is 25.3 Å². The second-order valence-corrected chi connectivity index (χ2v) is 4.30. The Morgan fingerprint density at radius 3 is 2.43 bits per heavy atom. The second-order valence-electron chi connectivity index (χ2n) is 4.30. The summed E-state index contributed by atoms with van der Waals surface area (Å²) in [6, 6.07) is 0. The Balaban J connectivity index is 2.49. The van der Waals surface area contributed by atoms with Crippen molar-refractivity contribution in [2.24, 2.45) is 5.92 Å². The molecule has 0 bridgehead atoms. The maximum Gasteiger partial charge on any atom is 0.159 e. The standard InChI is InChI=1S/C12H18O2/c1-8(2)11(13)7-5-10-9(3)4-6-12(10)14/h8H,4-7H2,1-3H3. The summed E-state index contributed by atoms with van der Waals surface area (Å²) >= 11 is 0. The first-order valence-corrected chi connectivity index (χ1v) is 5.27. The lowest BCUT2D eigenvalue weighted by Gasteiger charge is -2.04. The molecule has 0 atom stereocenters. The highest BCUT2D eigenvalue weighted by molar-refractivity contribution is 5.99. The summed E-state index contributed by atoms with van der Waals surface area (Å²) in [7, 11) is 0. The van der Waals surface area contributed by atoms with Crippen LogP contribution in [0.3, 0.4) is 0 Å². The van der Waals surface area contributed by atoms with Crippen LogP contribution in [-0.2, 0) is 9.59 Å². The molecule has 0 heterocycles. The van der Waals surface area contributed by atoms with Crippen molar-refractivity contribution in [2.45, 2.75) is 46.5 Å². The van der Waals surface area contributed by atoms with Gasteiger partial charge in [0.25, 0.3) is 0 Å². The zero-order valence-electron chi connectivity index (χ0n) is 9.22. The molecule has 0 aromatic heterocycles. The summed E-state index contributed by atoms with van der Waals surface area (Å²) in [4.78, 5) is 22.8. The number of carbonyl (C=O) groups is 2. The third kappa shape index (κ3) is 2.53. The number of allylic oxidation sites excluding steroid dienone is 2. The summed E-state index contributed by atoms with van der Waals surface area (Å²) in [5.74, 6) is 0.594. The lowest BCUT2D eigenvalue weighted by molar-refractivity contribution is -0.121. The molecule has 0 radical (unpaired) electrons. The number of ketones is 2. The zero-order valence-corrected chi connectivity index (χ0v) is 9.22. The zero-order chi connectivity index (χ0) is 10.7. The van der Waals surface area contributed by atoms with E-state index < -0.39 is 0 Å². The van der Waals surface area contributed by atoms with Crippen molar-refractivity contribution in [3.63, 3.8) is 0 Å². The van der Waals surface area contributed by atoms with E-state index in [1.54, 1.807) is 0 Å². The van der Waals surface area contributed by atoms with E-state index in [1.165, 1.54) is 5.57 Å². The molecule has 0 aromatic rings. The quantitative estimate of drug-likeness (QED) is 0.689. The average molecular weight is 194 g/mol. The molecule has 1 rings (SSSR count). The molecule has 0 fully saturated rings. The topological polar surface area (TPSA) is 34.1 Å². The Morgan fingerprint density at radius 2 is 2.00 bits per heavy atom. The third-order valence-electron chi connectivity index (χ3n) is 2.84.